The number of halogens is 1. The maximum atomic E-state index is 10.7. The Morgan fingerprint density at radius 3 is 2.64 bits per heavy atom. The second-order valence-corrected chi connectivity index (χ2v) is 7.46. The maximum Gasteiger partial charge on any atom is 0.303 e. The van der Waals surface area contributed by atoms with Gasteiger partial charge in [0, 0.05) is 19.4 Å². The van der Waals surface area contributed by atoms with Crippen molar-refractivity contribution in [1.82, 2.24) is 9.55 Å². The standard InChI is InChI=1S/C21H29ClN2O4/c1-3-4-5-19-23-21(22)18(14-25)24(19)13-16-6-8-17(9-7-16)28-11-10-15(2)12-20(26)27/h6-9,15,25H,3-5,10-14H2,1-2H3,(H,26,27). The minimum atomic E-state index is -0.781. The fraction of sp³-hybridized carbons (Fsp3) is 0.524. The SMILES string of the molecule is CCCCc1nc(Cl)c(CO)n1Cc1ccc(OCCC(C)CC(=O)O)cc1. The van der Waals surface area contributed by atoms with Crippen LogP contribution in [0, 0.1) is 5.92 Å². The van der Waals surface area contributed by atoms with Gasteiger partial charge in [0.15, 0.2) is 5.15 Å². The molecule has 1 unspecified atom stereocenters. The van der Waals surface area contributed by atoms with Crippen LogP contribution in [0.1, 0.15) is 56.6 Å². The molecule has 1 atom stereocenters. The van der Waals surface area contributed by atoms with Gasteiger partial charge in [0.25, 0.3) is 0 Å². The molecule has 28 heavy (non-hydrogen) atoms. The number of imidazole rings is 1. The number of hydrogen-bond donors (Lipinski definition) is 2. The Morgan fingerprint density at radius 1 is 1.32 bits per heavy atom. The van der Waals surface area contributed by atoms with E-state index in [-0.39, 0.29) is 18.9 Å². The highest BCUT2D eigenvalue weighted by Gasteiger charge is 2.15. The zero-order valence-electron chi connectivity index (χ0n) is 16.5. The molecule has 0 aliphatic carbocycles. The summed E-state index contributed by atoms with van der Waals surface area (Å²) in [5.41, 5.74) is 1.70. The number of aromatic nitrogens is 2. The first-order valence-electron chi connectivity index (χ1n) is 9.72. The Kier molecular flexibility index (Phi) is 8.80. The molecular formula is C21H29ClN2O4. The number of aliphatic hydroxyl groups is 1. The predicted molar refractivity (Wildman–Crippen MR) is 109 cm³/mol. The molecule has 0 saturated heterocycles. The molecule has 0 saturated carbocycles. The largest absolute Gasteiger partial charge is 0.494 e. The van der Waals surface area contributed by atoms with E-state index in [1.54, 1.807) is 0 Å². The van der Waals surface area contributed by atoms with Crippen LogP contribution in [0.3, 0.4) is 0 Å². The Bertz CT molecular complexity index is 759. The second kappa shape index (κ2) is 11.1. The molecule has 1 heterocycles. The van der Waals surface area contributed by atoms with Crippen LogP contribution < -0.4 is 4.74 Å². The molecule has 154 valence electrons. The molecule has 0 spiro atoms. The summed E-state index contributed by atoms with van der Waals surface area (Å²) < 4.78 is 7.70. The average Bonchev–Trinajstić information content (AvgIpc) is 2.95. The number of nitrogens with zero attached hydrogens (tertiary/aromatic N) is 2. The highest BCUT2D eigenvalue weighted by Crippen LogP contribution is 2.22. The highest BCUT2D eigenvalue weighted by molar-refractivity contribution is 6.30. The van der Waals surface area contributed by atoms with Crippen molar-refractivity contribution in [2.45, 2.75) is 59.1 Å². The van der Waals surface area contributed by atoms with Gasteiger partial charge in [-0.1, -0.05) is 44.0 Å². The smallest absolute Gasteiger partial charge is 0.303 e. The number of carboxylic acids is 1. The lowest BCUT2D eigenvalue weighted by Crippen LogP contribution is -2.10. The molecule has 0 amide bonds. The Morgan fingerprint density at radius 2 is 2.04 bits per heavy atom. The molecule has 0 fully saturated rings. The van der Waals surface area contributed by atoms with Gasteiger partial charge in [-0.15, -0.1) is 0 Å². The summed E-state index contributed by atoms with van der Waals surface area (Å²) in [7, 11) is 0. The van der Waals surface area contributed by atoms with Crippen molar-refractivity contribution in [1.29, 1.82) is 0 Å². The van der Waals surface area contributed by atoms with Gasteiger partial charge in [-0.25, -0.2) is 4.98 Å². The van der Waals surface area contributed by atoms with Crippen LogP contribution in [0.15, 0.2) is 24.3 Å². The first-order valence-corrected chi connectivity index (χ1v) is 10.1. The monoisotopic (exact) mass is 408 g/mol. The Hall–Kier alpha value is -2.05. The lowest BCUT2D eigenvalue weighted by molar-refractivity contribution is -0.138. The Labute approximate surface area is 171 Å². The number of aliphatic hydroxyl groups excluding tert-OH is 1. The van der Waals surface area contributed by atoms with Crippen molar-refractivity contribution in [3.8, 4) is 5.75 Å². The van der Waals surface area contributed by atoms with Gasteiger partial charge in [-0.2, -0.15) is 0 Å². The summed E-state index contributed by atoms with van der Waals surface area (Å²) in [6.07, 6.45) is 3.76. The highest BCUT2D eigenvalue weighted by atomic mass is 35.5. The summed E-state index contributed by atoms with van der Waals surface area (Å²) in [5.74, 6) is 0.949. The van der Waals surface area contributed by atoms with E-state index in [4.69, 9.17) is 21.4 Å². The summed E-state index contributed by atoms with van der Waals surface area (Å²) in [6, 6.07) is 7.77. The summed E-state index contributed by atoms with van der Waals surface area (Å²) in [4.78, 5) is 15.1. The van der Waals surface area contributed by atoms with Gasteiger partial charge in [0.1, 0.15) is 11.6 Å². The first kappa shape index (κ1) is 22.2. The third-order valence-corrected chi connectivity index (χ3v) is 4.98. The predicted octanol–water partition coefficient (Wildman–Crippen LogP) is 4.30. The third kappa shape index (κ3) is 6.53. The van der Waals surface area contributed by atoms with Crippen LogP contribution in [0.5, 0.6) is 5.75 Å². The first-order chi connectivity index (χ1) is 13.4. The van der Waals surface area contributed by atoms with E-state index in [1.807, 2.05) is 35.8 Å². The lowest BCUT2D eigenvalue weighted by Gasteiger charge is -2.13. The minimum absolute atomic E-state index is 0.0845. The molecule has 0 aliphatic heterocycles. The normalized spacial score (nSPS) is 12.1. The third-order valence-electron chi connectivity index (χ3n) is 4.67. The Balaban J connectivity index is 1.98. The van der Waals surface area contributed by atoms with Crippen molar-refractivity contribution < 1.29 is 19.7 Å². The molecule has 2 N–H and O–H groups in total. The molecular weight excluding hydrogens is 380 g/mol. The molecule has 2 aromatic rings. The second-order valence-electron chi connectivity index (χ2n) is 7.10. The molecule has 1 aromatic heterocycles. The van der Waals surface area contributed by atoms with Crippen molar-refractivity contribution in [2.75, 3.05) is 6.61 Å². The molecule has 0 radical (unpaired) electrons. The van der Waals surface area contributed by atoms with Crippen LogP contribution >= 0.6 is 11.6 Å². The molecule has 0 aliphatic rings. The number of rotatable bonds is 12. The lowest BCUT2D eigenvalue weighted by atomic mass is 10.1. The quantitative estimate of drug-likeness (QED) is 0.547. The summed E-state index contributed by atoms with van der Waals surface area (Å²) >= 11 is 6.19. The number of carboxylic acid groups (broad SMARTS) is 1. The van der Waals surface area contributed by atoms with Crippen molar-refractivity contribution in [3.63, 3.8) is 0 Å². The number of carbonyl (C=O) groups is 1. The van der Waals surface area contributed by atoms with Crippen LogP contribution in [0.25, 0.3) is 0 Å². The number of aliphatic carboxylic acids is 1. The zero-order valence-corrected chi connectivity index (χ0v) is 17.3. The molecule has 2 rings (SSSR count). The van der Waals surface area contributed by atoms with E-state index < -0.39 is 5.97 Å². The van der Waals surface area contributed by atoms with Crippen LogP contribution in [0.2, 0.25) is 5.15 Å². The molecule has 0 bridgehead atoms. The van der Waals surface area contributed by atoms with Gasteiger partial charge < -0.3 is 19.5 Å². The number of hydrogen-bond acceptors (Lipinski definition) is 4. The van der Waals surface area contributed by atoms with E-state index in [1.165, 1.54) is 0 Å². The molecule has 6 nitrogen and oxygen atoms in total. The summed E-state index contributed by atoms with van der Waals surface area (Å²) in [5, 5.41) is 18.8. The zero-order chi connectivity index (χ0) is 20.5. The van der Waals surface area contributed by atoms with E-state index in [0.29, 0.717) is 30.4 Å². The topological polar surface area (TPSA) is 84.6 Å². The van der Waals surface area contributed by atoms with E-state index >= 15 is 0 Å². The number of ether oxygens (including phenoxy) is 1. The van der Waals surface area contributed by atoms with E-state index in [0.717, 1.165) is 36.4 Å². The summed E-state index contributed by atoms with van der Waals surface area (Å²) in [6.45, 7) is 4.97. The fourth-order valence-electron chi connectivity index (χ4n) is 3.02. The van der Waals surface area contributed by atoms with Gasteiger partial charge in [-0.3, -0.25) is 4.79 Å². The molecule has 1 aromatic carbocycles. The maximum absolute atomic E-state index is 10.7. The number of aryl methyl sites for hydroxylation is 1. The van der Waals surface area contributed by atoms with Gasteiger partial charge in [0.05, 0.1) is 18.9 Å². The van der Waals surface area contributed by atoms with Gasteiger partial charge >= 0.3 is 5.97 Å². The molecule has 7 heteroatoms. The van der Waals surface area contributed by atoms with Crippen molar-refractivity contribution >= 4 is 17.6 Å². The van der Waals surface area contributed by atoms with Crippen molar-refractivity contribution in [3.05, 3.63) is 46.5 Å². The fourth-order valence-corrected chi connectivity index (χ4v) is 3.28. The van der Waals surface area contributed by atoms with Gasteiger partial charge in [0.2, 0.25) is 0 Å². The number of benzene rings is 1. The van der Waals surface area contributed by atoms with E-state index in [9.17, 15) is 9.90 Å². The van der Waals surface area contributed by atoms with Crippen LogP contribution in [0.4, 0.5) is 0 Å². The van der Waals surface area contributed by atoms with Gasteiger partial charge in [-0.05, 0) is 36.5 Å². The number of unbranched alkanes of at least 4 members (excludes halogenated alkanes) is 1. The van der Waals surface area contributed by atoms with Crippen LogP contribution in [-0.2, 0) is 24.4 Å². The van der Waals surface area contributed by atoms with Crippen LogP contribution in [-0.4, -0.2) is 32.3 Å². The van der Waals surface area contributed by atoms with E-state index in [2.05, 4.69) is 11.9 Å². The van der Waals surface area contributed by atoms with Crippen molar-refractivity contribution in [2.24, 2.45) is 5.92 Å². The minimum Gasteiger partial charge on any atom is -0.494 e. The average molecular weight is 409 g/mol.